The first-order chi connectivity index (χ1) is 13.3. The molecule has 134 valence electrons. The minimum atomic E-state index is 0.0396. The summed E-state index contributed by atoms with van der Waals surface area (Å²) >= 11 is 0. The molecule has 27 heavy (non-hydrogen) atoms. The van der Waals surface area contributed by atoms with Crippen molar-refractivity contribution in [2.75, 3.05) is 13.1 Å². The summed E-state index contributed by atoms with van der Waals surface area (Å²) in [7, 11) is 0. The first kappa shape index (κ1) is 15.8. The van der Waals surface area contributed by atoms with Gasteiger partial charge in [0.15, 0.2) is 0 Å². The molecule has 1 aliphatic rings. The molecule has 5 rings (SSSR count). The van der Waals surface area contributed by atoms with Crippen molar-refractivity contribution < 1.29 is 9.32 Å². The molecular formula is C21H18N4O2. The second kappa shape index (κ2) is 6.39. The van der Waals surface area contributed by atoms with Gasteiger partial charge in [-0.25, -0.2) is 0 Å². The van der Waals surface area contributed by atoms with E-state index in [1.807, 2.05) is 59.5 Å². The molecule has 1 aliphatic heterocycles. The van der Waals surface area contributed by atoms with Crippen LogP contribution < -0.4 is 0 Å². The van der Waals surface area contributed by atoms with Crippen LogP contribution in [-0.4, -0.2) is 39.0 Å². The lowest BCUT2D eigenvalue weighted by Crippen LogP contribution is -2.28. The van der Waals surface area contributed by atoms with Crippen LogP contribution in [0.15, 0.2) is 65.3 Å². The molecule has 4 aromatic rings. The third kappa shape index (κ3) is 2.79. The summed E-state index contributed by atoms with van der Waals surface area (Å²) < 4.78 is 5.49. The molecule has 0 saturated carbocycles. The highest BCUT2D eigenvalue weighted by atomic mass is 16.5. The number of amides is 1. The Balaban J connectivity index is 1.34. The number of hydrogen-bond acceptors (Lipinski definition) is 4. The maximum Gasteiger partial charge on any atom is 0.256 e. The van der Waals surface area contributed by atoms with E-state index in [1.165, 1.54) is 0 Å². The molecule has 0 aliphatic carbocycles. The summed E-state index contributed by atoms with van der Waals surface area (Å²) in [6.45, 7) is 1.28. The monoisotopic (exact) mass is 358 g/mol. The summed E-state index contributed by atoms with van der Waals surface area (Å²) in [5, 5.41) is 5.05. The fraction of sp³-hybridized carbons (Fsp3) is 0.190. The number of fused-ring (bicyclic) bond motifs is 1. The third-order valence-electron chi connectivity index (χ3n) is 5.12. The highest BCUT2D eigenvalue weighted by Gasteiger charge is 2.32. The number of H-pyrrole nitrogens is 1. The lowest BCUT2D eigenvalue weighted by Gasteiger charge is -2.15. The summed E-state index contributed by atoms with van der Waals surface area (Å²) in [5.41, 5.74) is 2.61. The molecule has 2 aromatic carbocycles. The van der Waals surface area contributed by atoms with Gasteiger partial charge < -0.3 is 14.4 Å². The number of nitrogens with one attached hydrogen (secondary N) is 1. The number of likely N-dealkylation sites (tertiary alicyclic amines) is 1. The van der Waals surface area contributed by atoms with Crippen LogP contribution in [0.2, 0.25) is 0 Å². The maximum atomic E-state index is 13.0. The van der Waals surface area contributed by atoms with E-state index in [0.29, 0.717) is 30.4 Å². The highest BCUT2D eigenvalue weighted by Crippen LogP contribution is 2.30. The Morgan fingerprint density at radius 2 is 1.93 bits per heavy atom. The molecule has 1 atom stereocenters. The van der Waals surface area contributed by atoms with Gasteiger partial charge in [-0.2, -0.15) is 4.98 Å². The van der Waals surface area contributed by atoms with Crippen LogP contribution in [0.1, 0.15) is 28.6 Å². The van der Waals surface area contributed by atoms with Crippen LogP contribution >= 0.6 is 0 Å². The Morgan fingerprint density at radius 1 is 1.11 bits per heavy atom. The van der Waals surface area contributed by atoms with Gasteiger partial charge in [-0.1, -0.05) is 53.7 Å². The van der Waals surface area contributed by atoms with Gasteiger partial charge in [0.1, 0.15) is 0 Å². The van der Waals surface area contributed by atoms with Crippen molar-refractivity contribution in [2.45, 2.75) is 12.3 Å². The Bertz CT molecular complexity index is 1100. The highest BCUT2D eigenvalue weighted by molar-refractivity contribution is 6.06. The second-order valence-electron chi connectivity index (χ2n) is 6.81. The van der Waals surface area contributed by atoms with Crippen LogP contribution in [0, 0.1) is 0 Å². The fourth-order valence-electron chi connectivity index (χ4n) is 3.67. The molecule has 2 aromatic heterocycles. The summed E-state index contributed by atoms with van der Waals surface area (Å²) in [4.78, 5) is 22.5. The Morgan fingerprint density at radius 3 is 2.81 bits per heavy atom. The zero-order valence-corrected chi connectivity index (χ0v) is 14.6. The molecule has 0 bridgehead atoms. The average molecular weight is 358 g/mol. The first-order valence-electron chi connectivity index (χ1n) is 9.04. The van der Waals surface area contributed by atoms with Gasteiger partial charge in [0, 0.05) is 35.8 Å². The maximum absolute atomic E-state index is 13.0. The number of aromatic nitrogens is 3. The molecule has 1 saturated heterocycles. The molecule has 0 radical (unpaired) electrons. The molecule has 3 heterocycles. The van der Waals surface area contributed by atoms with Crippen LogP contribution in [0.5, 0.6) is 0 Å². The van der Waals surface area contributed by atoms with Crippen molar-refractivity contribution in [2.24, 2.45) is 0 Å². The van der Waals surface area contributed by atoms with Crippen LogP contribution in [-0.2, 0) is 0 Å². The van der Waals surface area contributed by atoms with Gasteiger partial charge in [0.05, 0.1) is 11.5 Å². The Kier molecular flexibility index (Phi) is 3.74. The van der Waals surface area contributed by atoms with Crippen LogP contribution in [0.3, 0.4) is 0 Å². The molecule has 6 nitrogen and oxygen atoms in total. The zero-order chi connectivity index (χ0) is 18.2. The van der Waals surface area contributed by atoms with Gasteiger partial charge >= 0.3 is 0 Å². The zero-order valence-electron chi connectivity index (χ0n) is 14.6. The van der Waals surface area contributed by atoms with Crippen molar-refractivity contribution in [3.8, 4) is 11.4 Å². The van der Waals surface area contributed by atoms with Gasteiger partial charge in [-0.3, -0.25) is 4.79 Å². The lowest BCUT2D eigenvalue weighted by molar-refractivity contribution is 0.0791. The van der Waals surface area contributed by atoms with Crippen molar-refractivity contribution in [1.82, 2.24) is 20.0 Å². The minimum Gasteiger partial charge on any atom is -0.360 e. The smallest absolute Gasteiger partial charge is 0.256 e. The molecular weight excluding hydrogens is 340 g/mol. The summed E-state index contributed by atoms with van der Waals surface area (Å²) in [6, 6.07) is 17.6. The number of rotatable bonds is 3. The van der Waals surface area contributed by atoms with Gasteiger partial charge in [-0.15, -0.1) is 0 Å². The molecule has 6 heteroatoms. The number of benzene rings is 2. The van der Waals surface area contributed by atoms with Crippen molar-refractivity contribution in [1.29, 1.82) is 0 Å². The molecule has 0 unspecified atom stereocenters. The summed E-state index contributed by atoms with van der Waals surface area (Å²) in [5.74, 6) is 1.30. The fourth-order valence-corrected chi connectivity index (χ4v) is 3.67. The predicted molar refractivity (Wildman–Crippen MR) is 101 cm³/mol. The quantitative estimate of drug-likeness (QED) is 0.604. The van der Waals surface area contributed by atoms with Gasteiger partial charge in [0.2, 0.25) is 11.7 Å². The largest absolute Gasteiger partial charge is 0.360 e. The second-order valence-corrected chi connectivity index (χ2v) is 6.81. The van der Waals surface area contributed by atoms with E-state index in [-0.39, 0.29) is 11.8 Å². The first-order valence-corrected chi connectivity index (χ1v) is 9.04. The van der Waals surface area contributed by atoms with E-state index in [1.54, 1.807) is 6.20 Å². The average Bonchev–Trinajstić information content (AvgIpc) is 3.46. The molecule has 1 N–H and O–H groups in total. The van der Waals surface area contributed by atoms with E-state index in [0.717, 1.165) is 22.9 Å². The normalized spacial score (nSPS) is 16.9. The number of hydrogen-bond donors (Lipinski definition) is 1. The van der Waals surface area contributed by atoms with Crippen LogP contribution in [0.25, 0.3) is 22.3 Å². The molecule has 1 amide bonds. The van der Waals surface area contributed by atoms with E-state index >= 15 is 0 Å². The van der Waals surface area contributed by atoms with Crippen molar-refractivity contribution >= 4 is 16.8 Å². The van der Waals surface area contributed by atoms with E-state index in [9.17, 15) is 4.79 Å². The molecule has 1 fully saturated rings. The van der Waals surface area contributed by atoms with Crippen molar-refractivity contribution in [3.63, 3.8) is 0 Å². The minimum absolute atomic E-state index is 0.0396. The van der Waals surface area contributed by atoms with E-state index < -0.39 is 0 Å². The Hall–Kier alpha value is -3.41. The summed E-state index contributed by atoms with van der Waals surface area (Å²) in [6.07, 6.45) is 2.62. The standard InChI is InChI=1S/C21H18N4O2/c26-21(17-12-22-18-9-5-4-8-16(17)18)25-11-10-15(13-25)20-23-19(24-27-20)14-6-2-1-3-7-14/h1-9,12,15,22H,10-11,13H2/t15-/m1/s1. The van der Waals surface area contributed by atoms with Crippen LogP contribution in [0.4, 0.5) is 0 Å². The number of carbonyl (C=O) groups excluding carboxylic acids is 1. The number of para-hydroxylation sites is 1. The Labute approximate surface area is 155 Å². The number of aromatic amines is 1. The van der Waals surface area contributed by atoms with E-state index in [2.05, 4.69) is 15.1 Å². The molecule has 0 spiro atoms. The van der Waals surface area contributed by atoms with Gasteiger partial charge in [-0.05, 0) is 12.5 Å². The predicted octanol–water partition coefficient (Wildman–Crippen LogP) is 3.85. The third-order valence-corrected chi connectivity index (χ3v) is 5.12. The lowest BCUT2D eigenvalue weighted by atomic mass is 10.1. The topological polar surface area (TPSA) is 75.0 Å². The van der Waals surface area contributed by atoms with E-state index in [4.69, 9.17) is 4.52 Å². The van der Waals surface area contributed by atoms with Crippen molar-refractivity contribution in [3.05, 3.63) is 72.2 Å². The number of carbonyl (C=O) groups is 1. The SMILES string of the molecule is O=C(c1c[nH]c2ccccc12)N1CC[C@@H](c2nc(-c3ccccc3)no2)C1. The number of nitrogens with zero attached hydrogens (tertiary/aromatic N) is 3. The van der Waals surface area contributed by atoms with Gasteiger partial charge in [0.25, 0.3) is 5.91 Å².